The summed E-state index contributed by atoms with van der Waals surface area (Å²) < 4.78 is 5.50. The van der Waals surface area contributed by atoms with Gasteiger partial charge in [0.05, 0.1) is 0 Å². The smallest absolute Gasteiger partial charge is 0.361 e. The van der Waals surface area contributed by atoms with Gasteiger partial charge in [0.15, 0.2) is 17.6 Å². The lowest BCUT2D eigenvalue weighted by atomic mass is 9.99. The van der Waals surface area contributed by atoms with Crippen LogP contribution >= 0.6 is 0 Å². The second kappa shape index (κ2) is 7.51. The number of nitrogen functional groups attached to an aromatic ring is 1. The van der Waals surface area contributed by atoms with Crippen molar-refractivity contribution in [1.82, 2.24) is 9.97 Å². The van der Waals surface area contributed by atoms with Crippen molar-refractivity contribution < 1.29 is 14.3 Å². The number of nitrogens with zero attached hydrogens (tertiary/aromatic N) is 3. The van der Waals surface area contributed by atoms with Gasteiger partial charge in [-0.05, 0) is 30.4 Å². The number of anilines is 2. The number of rotatable bonds is 4. The Morgan fingerprint density at radius 2 is 1.92 bits per heavy atom. The lowest BCUT2D eigenvalue weighted by Gasteiger charge is -2.33. The average Bonchev–Trinajstić information content (AvgIpc) is 2.65. The number of nitrogens with two attached hydrogens (primary N) is 1. The van der Waals surface area contributed by atoms with Crippen molar-refractivity contribution in [2.45, 2.75) is 32.8 Å². The van der Waals surface area contributed by atoms with E-state index in [0.717, 1.165) is 24.1 Å². The van der Waals surface area contributed by atoms with Crippen LogP contribution in [-0.4, -0.2) is 34.5 Å². The van der Waals surface area contributed by atoms with E-state index in [0.29, 0.717) is 6.54 Å². The first-order valence-electron chi connectivity index (χ1n) is 8.65. The molecular formula is C19H22N4O3. The molecule has 1 aliphatic heterocycles. The highest BCUT2D eigenvalue weighted by Gasteiger charge is 2.34. The topological polar surface area (TPSA) is 98.4 Å². The van der Waals surface area contributed by atoms with Crippen LogP contribution in [0.3, 0.4) is 0 Å². The van der Waals surface area contributed by atoms with Gasteiger partial charge in [0, 0.05) is 24.6 Å². The number of aromatic nitrogens is 2. The molecule has 1 aromatic heterocycles. The lowest BCUT2D eigenvalue weighted by Crippen LogP contribution is -2.46. The summed E-state index contributed by atoms with van der Waals surface area (Å²) >= 11 is 0. The number of esters is 1. The van der Waals surface area contributed by atoms with E-state index in [-0.39, 0.29) is 23.3 Å². The Bertz CT molecular complexity index is 822. The molecule has 0 aliphatic carbocycles. The van der Waals surface area contributed by atoms with E-state index in [9.17, 15) is 9.59 Å². The zero-order valence-electron chi connectivity index (χ0n) is 14.9. The minimum absolute atomic E-state index is 0.0178. The van der Waals surface area contributed by atoms with Crippen LogP contribution in [0.1, 0.15) is 36.3 Å². The Balaban J connectivity index is 1.84. The zero-order chi connectivity index (χ0) is 18.7. The van der Waals surface area contributed by atoms with E-state index < -0.39 is 12.1 Å². The molecule has 7 nitrogen and oxygen atoms in total. The zero-order valence-corrected chi connectivity index (χ0v) is 14.9. The van der Waals surface area contributed by atoms with E-state index in [2.05, 4.69) is 9.97 Å². The molecule has 0 saturated carbocycles. The minimum atomic E-state index is -0.921. The van der Waals surface area contributed by atoms with Crippen LogP contribution in [0.4, 0.5) is 11.5 Å². The number of hydrogen-bond acceptors (Lipinski definition) is 6. The van der Waals surface area contributed by atoms with Gasteiger partial charge >= 0.3 is 5.97 Å². The summed E-state index contributed by atoms with van der Waals surface area (Å²) in [6, 6.07) is 7.81. The molecule has 2 heterocycles. The van der Waals surface area contributed by atoms with Gasteiger partial charge in [0.2, 0.25) is 0 Å². The van der Waals surface area contributed by atoms with E-state index in [1.54, 1.807) is 4.90 Å². The largest absolute Gasteiger partial charge is 0.447 e. The van der Waals surface area contributed by atoms with Gasteiger partial charge < -0.3 is 15.4 Å². The maximum atomic E-state index is 13.1. The van der Waals surface area contributed by atoms with Crippen molar-refractivity contribution in [2.75, 3.05) is 17.2 Å². The predicted octanol–water partition coefficient (Wildman–Crippen LogP) is 2.22. The first-order chi connectivity index (χ1) is 12.5. The maximum absolute atomic E-state index is 13.1. The van der Waals surface area contributed by atoms with E-state index >= 15 is 0 Å². The minimum Gasteiger partial charge on any atom is -0.447 e. The summed E-state index contributed by atoms with van der Waals surface area (Å²) in [4.78, 5) is 35.0. The summed E-state index contributed by atoms with van der Waals surface area (Å²) in [5.41, 5.74) is 7.61. The monoisotopic (exact) mass is 354 g/mol. The molecule has 7 heteroatoms. The van der Waals surface area contributed by atoms with E-state index in [4.69, 9.17) is 10.5 Å². The SMILES string of the molecule is CC(C)[C@@H](OC(=O)c1nccnc1N)C(=O)N1CCCc2ccccc21. The highest BCUT2D eigenvalue weighted by Crippen LogP contribution is 2.28. The third-order valence-corrected chi connectivity index (χ3v) is 4.38. The molecule has 1 amide bonds. The summed E-state index contributed by atoms with van der Waals surface area (Å²) in [6.45, 7) is 4.28. The Morgan fingerprint density at radius 1 is 1.19 bits per heavy atom. The predicted molar refractivity (Wildman–Crippen MR) is 97.6 cm³/mol. The fourth-order valence-electron chi connectivity index (χ4n) is 3.06. The highest BCUT2D eigenvalue weighted by atomic mass is 16.5. The number of ether oxygens (including phenoxy) is 1. The molecule has 26 heavy (non-hydrogen) atoms. The van der Waals surface area contributed by atoms with Gasteiger partial charge in [0.1, 0.15) is 0 Å². The molecule has 2 N–H and O–H groups in total. The number of fused-ring (bicyclic) bond motifs is 1. The molecule has 0 bridgehead atoms. The molecule has 3 rings (SSSR count). The second-order valence-electron chi connectivity index (χ2n) is 6.58. The van der Waals surface area contributed by atoms with Gasteiger partial charge in [-0.1, -0.05) is 32.0 Å². The van der Waals surface area contributed by atoms with Crippen molar-refractivity contribution in [3.05, 3.63) is 47.9 Å². The van der Waals surface area contributed by atoms with E-state index in [1.807, 2.05) is 38.1 Å². The van der Waals surface area contributed by atoms with Gasteiger partial charge in [-0.15, -0.1) is 0 Å². The molecule has 0 radical (unpaired) electrons. The first kappa shape index (κ1) is 17.8. The van der Waals surface area contributed by atoms with Gasteiger partial charge in [-0.3, -0.25) is 4.79 Å². The molecule has 136 valence electrons. The molecule has 1 aromatic carbocycles. The third-order valence-electron chi connectivity index (χ3n) is 4.38. The molecule has 0 spiro atoms. The fraction of sp³-hybridized carbons (Fsp3) is 0.368. The average molecular weight is 354 g/mol. The number of carbonyl (C=O) groups excluding carboxylic acids is 2. The van der Waals surface area contributed by atoms with Crippen molar-refractivity contribution in [1.29, 1.82) is 0 Å². The Kier molecular flexibility index (Phi) is 5.16. The van der Waals surface area contributed by atoms with E-state index in [1.165, 1.54) is 12.4 Å². The van der Waals surface area contributed by atoms with Crippen LogP contribution in [0.15, 0.2) is 36.7 Å². The van der Waals surface area contributed by atoms with Crippen molar-refractivity contribution in [3.8, 4) is 0 Å². The summed E-state index contributed by atoms with van der Waals surface area (Å²) in [7, 11) is 0. The number of para-hydroxylation sites is 1. The van der Waals surface area contributed by atoms with Crippen LogP contribution in [0.2, 0.25) is 0 Å². The lowest BCUT2D eigenvalue weighted by molar-refractivity contribution is -0.129. The van der Waals surface area contributed by atoms with Crippen LogP contribution in [0.25, 0.3) is 0 Å². The van der Waals surface area contributed by atoms with Crippen LogP contribution in [0, 0.1) is 5.92 Å². The highest BCUT2D eigenvalue weighted by molar-refractivity contribution is 6.00. The third kappa shape index (κ3) is 3.51. The van der Waals surface area contributed by atoms with Crippen LogP contribution < -0.4 is 10.6 Å². The number of carbonyl (C=O) groups is 2. The number of benzene rings is 1. The van der Waals surface area contributed by atoms with Gasteiger partial charge in [0.25, 0.3) is 5.91 Å². The van der Waals surface area contributed by atoms with Gasteiger partial charge in [-0.2, -0.15) is 0 Å². The molecular weight excluding hydrogens is 332 g/mol. The Hall–Kier alpha value is -2.96. The maximum Gasteiger partial charge on any atom is 0.361 e. The summed E-state index contributed by atoms with van der Waals surface area (Å²) in [6.07, 6.45) is 3.64. The van der Waals surface area contributed by atoms with Crippen molar-refractivity contribution in [2.24, 2.45) is 5.92 Å². The molecule has 1 atom stereocenters. The number of hydrogen-bond donors (Lipinski definition) is 1. The summed E-state index contributed by atoms with van der Waals surface area (Å²) in [5.74, 6) is -1.19. The Labute approximate surface area is 152 Å². The molecule has 0 saturated heterocycles. The normalized spacial score (nSPS) is 14.7. The van der Waals surface area contributed by atoms with Crippen molar-refractivity contribution in [3.63, 3.8) is 0 Å². The standard InChI is InChI=1S/C19H22N4O3/c1-12(2)16(26-19(25)15-17(20)22-10-9-21-15)18(24)23-11-5-7-13-6-3-4-8-14(13)23/h3-4,6,8-10,12,16H,5,7,11H2,1-2H3,(H2,20,22)/t16-/m1/s1. The Morgan fingerprint density at radius 3 is 2.65 bits per heavy atom. The first-order valence-corrected chi connectivity index (χ1v) is 8.65. The molecule has 0 fully saturated rings. The molecule has 1 aliphatic rings. The summed E-state index contributed by atoms with van der Waals surface area (Å²) in [5, 5.41) is 0. The number of aryl methyl sites for hydroxylation is 1. The number of amides is 1. The van der Waals surface area contributed by atoms with Crippen LogP contribution in [-0.2, 0) is 16.0 Å². The molecule has 2 aromatic rings. The fourth-order valence-corrected chi connectivity index (χ4v) is 3.06. The van der Waals surface area contributed by atoms with Crippen molar-refractivity contribution >= 4 is 23.4 Å². The van der Waals surface area contributed by atoms with Gasteiger partial charge in [-0.25, -0.2) is 14.8 Å². The van der Waals surface area contributed by atoms with Crippen LogP contribution in [0.5, 0.6) is 0 Å². The second-order valence-corrected chi connectivity index (χ2v) is 6.58. The molecule has 0 unspecified atom stereocenters. The quantitative estimate of drug-likeness (QED) is 0.845.